The lowest BCUT2D eigenvalue weighted by atomic mass is 9.94. The molecule has 1 saturated heterocycles. The normalized spacial score (nSPS) is 23.7. The topological polar surface area (TPSA) is 90.7 Å². The molecule has 0 aliphatic carbocycles. The van der Waals surface area contributed by atoms with Crippen LogP contribution >= 0.6 is 0 Å². The maximum absolute atomic E-state index is 12.2. The lowest BCUT2D eigenvalue weighted by molar-refractivity contribution is -0.120. The average Bonchev–Trinajstić information content (AvgIpc) is 3.24. The molecule has 0 saturated carbocycles. The zero-order chi connectivity index (χ0) is 22.8. The molecule has 33 heavy (non-hydrogen) atoms. The van der Waals surface area contributed by atoms with E-state index in [2.05, 4.69) is 60.8 Å². The number of aromatic nitrogens is 3. The van der Waals surface area contributed by atoms with Crippen molar-refractivity contribution in [3.8, 4) is 0 Å². The minimum absolute atomic E-state index is 0.0453. The van der Waals surface area contributed by atoms with Gasteiger partial charge in [0.2, 0.25) is 5.91 Å². The maximum Gasteiger partial charge on any atom is 0.227 e. The zero-order valence-corrected chi connectivity index (χ0v) is 19.4. The molecule has 2 unspecified atom stereocenters. The molecular formula is C24H32N8O. The van der Waals surface area contributed by atoms with Crippen LogP contribution in [0.15, 0.2) is 41.4 Å². The lowest BCUT2D eigenvalue weighted by Crippen LogP contribution is -2.50. The molecule has 3 aliphatic heterocycles. The quantitative estimate of drug-likeness (QED) is 0.705. The molecule has 5 rings (SSSR count). The number of hydrogen-bond donors (Lipinski definition) is 2. The van der Waals surface area contributed by atoms with Crippen molar-refractivity contribution in [3.05, 3.63) is 47.7 Å². The largest absolute Gasteiger partial charge is 0.324 e. The summed E-state index contributed by atoms with van der Waals surface area (Å²) in [5.74, 6) is 1.85. The van der Waals surface area contributed by atoms with Gasteiger partial charge in [-0.2, -0.15) is 5.10 Å². The molecule has 0 spiro atoms. The molecule has 3 aliphatic rings. The summed E-state index contributed by atoms with van der Waals surface area (Å²) in [4.78, 5) is 26.4. The van der Waals surface area contributed by atoms with E-state index in [4.69, 9.17) is 0 Å². The fourth-order valence-electron chi connectivity index (χ4n) is 4.75. The summed E-state index contributed by atoms with van der Waals surface area (Å²) < 4.78 is 1.77. The summed E-state index contributed by atoms with van der Waals surface area (Å²) in [5, 5.41) is 10.7. The van der Waals surface area contributed by atoms with Crippen molar-refractivity contribution in [2.75, 3.05) is 36.8 Å². The third-order valence-corrected chi connectivity index (χ3v) is 6.78. The van der Waals surface area contributed by atoms with Crippen LogP contribution in [0.3, 0.4) is 0 Å². The number of anilines is 2. The summed E-state index contributed by atoms with van der Waals surface area (Å²) in [6.07, 6.45) is 10.6. The highest BCUT2D eigenvalue weighted by Crippen LogP contribution is 2.27. The SMILES string of the molecule is CCC1Cc2ncc(CN3CCN(C4C=NC(Nc5ccn(C)n5)=CC4)CC3)cc2NC1=O. The first kappa shape index (κ1) is 21.8. The number of carbonyl (C=O) groups is 1. The van der Waals surface area contributed by atoms with Crippen LogP contribution in [-0.2, 0) is 24.8 Å². The third kappa shape index (κ3) is 4.99. The van der Waals surface area contributed by atoms with Gasteiger partial charge in [-0.1, -0.05) is 6.92 Å². The summed E-state index contributed by atoms with van der Waals surface area (Å²) >= 11 is 0. The van der Waals surface area contributed by atoms with Crippen molar-refractivity contribution in [1.82, 2.24) is 24.6 Å². The van der Waals surface area contributed by atoms with Crippen molar-refractivity contribution in [2.24, 2.45) is 18.0 Å². The second-order valence-electron chi connectivity index (χ2n) is 9.12. The van der Waals surface area contributed by atoms with E-state index in [0.29, 0.717) is 6.04 Å². The number of rotatable bonds is 6. The number of aliphatic imine (C=N–C) groups is 1. The number of carbonyl (C=O) groups excluding carboxylic acids is 1. The smallest absolute Gasteiger partial charge is 0.227 e. The van der Waals surface area contributed by atoms with Gasteiger partial charge in [0.1, 0.15) is 5.82 Å². The zero-order valence-electron chi connectivity index (χ0n) is 19.4. The van der Waals surface area contributed by atoms with Crippen molar-refractivity contribution < 1.29 is 4.79 Å². The van der Waals surface area contributed by atoms with E-state index in [1.54, 1.807) is 4.68 Å². The minimum atomic E-state index is 0.0453. The molecule has 0 bridgehead atoms. The maximum atomic E-state index is 12.2. The Kier molecular flexibility index (Phi) is 6.24. The van der Waals surface area contributed by atoms with Gasteiger partial charge in [0.15, 0.2) is 5.82 Å². The van der Waals surface area contributed by atoms with Gasteiger partial charge in [0, 0.05) is 82.8 Å². The van der Waals surface area contributed by atoms with Crippen molar-refractivity contribution in [2.45, 2.75) is 38.8 Å². The van der Waals surface area contributed by atoms with Gasteiger partial charge in [0.05, 0.1) is 11.4 Å². The Hall–Kier alpha value is -3.04. The van der Waals surface area contributed by atoms with Gasteiger partial charge >= 0.3 is 0 Å². The number of fused-ring (bicyclic) bond motifs is 1. The number of nitrogens with one attached hydrogen (secondary N) is 2. The summed E-state index contributed by atoms with van der Waals surface area (Å²) in [5.41, 5.74) is 3.06. The molecule has 174 valence electrons. The Balaban J connectivity index is 1.11. The fraction of sp³-hybridized carbons (Fsp3) is 0.500. The third-order valence-electron chi connectivity index (χ3n) is 6.78. The van der Waals surface area contributed by atoms with Gasteiger partial charge < -0.3 is 10.6 Å². The van der Waals surface area contributed by atoms with E-state index in [1.165, 1.54) is 0 Å². The number of nitrogens with zero attached hydrogens (tertiary/aromatic N) is 6. The molecule has 5 heterocycles. The predicted molar refractivity (Wildman–Crippen MR) is 129 cm³/mol. The predicted octanol–water partition coefficient (Wildman–Crippen LogP) is 2.25. The van der Waals surface area contributed by atoms with Crippen molar-refractivity contribution in [3.63, 3.8) is 0 Å². The molecule has 0 radical (unpaired) electrons. The summed E-state index contributed by atoms with van der Waals surface area (Å²) in [6.45, 7) is 6.96. The van der Waals surface area contributed by atoms with Crippen LogP contribution in [0.5, 0.6) is 0 Å². The Labute approximate surface area is 194 Å². The van der Waals surface area contributed by atoms with Gasteiger partial charge in [-0.05, 0) is 30.5 Å². The molecule has 1 fully saturated rings. The molecule has 2 N–H and O–H groups in total. The molecule has 9 nitrogen and oxygen atoms in total. The standard InChI is InChI=1S/C24H32N8O/c1-3-18-13-20-21(27-24(18)33)12-17(14-25-20)16-31-8-10-32(11-9-31)19-4-5-22(26-15-19)28-23-6-7-30(2)29-23/h5-7,12,14-15,18-19H,3-4,8-11,13,16H2,1-2H3,(H,27,33)(H,28,29). The van der Waals surface area contributed by atoms with Gasteiger partial charge in [-0.15, -0.1) is 0 Å². The van der Waals surface area contributed by atoms with E-state index in [0.717, 1.165) is 80.6 Å². The van der Waals surface area contributed by atoms with Crippen LogP contribution in [0.25, 0.3) is 0 Å². The van der Waals surface area contributed by atoms with Crippen LogP contribution in [-0.4, -0.2) is 68.9 Å². The van der Waals surface area contributed by atoms with Gasteiger partial charge in [-0.3, -0.25) is 24.3 Å². The molecule has 0 aromatic carbocycles. The van der Waals surface area contributed by atoms with E-state index < -0.39 is 0 Å². The Morgan fingerprint density at radius 1 is 1.24 bits per heavy atom. The molecular weight excluding hydrogens is 416 g/mol. The Bertz CT molecular complexity index is 1070. The average molecular weight is 449 g/mol. The second kappa shape index (κ2) is 9.44. The Morgan fingerprint density at radius 2 is 2.09 bits per heavy atom. The molecule has 2 atom stereocenters. The first-order chi connectivity index (χ1) is 16.1. The van der Waals surface area contributed by atoms with Crippen LogP contribution in [0.1, 0.15) is 31.0 Å². The highest BCUT2D eigenvalue weighted by Gasteiger charge is 2.27. The van der Waals surface area contributed by atoms with Crippen LogP contribution in [0.2, 0.25) is 0 Å². The first-order valence-corrected chi connectivity index (χ1v) is 11.8. The number of amides is 1. The second-order valence-corrected chi connectivity index (χ2v) is 9.12. The highest BCUT2D eigenvalue weighted by atomic mass is 16.1. The Morgan fingerprint density at radius 3 is 2.79 bits per heavy atom. The van der Waals surface area contributed by atoms with E-state index in [-0.39, 0.29) is 11.8 Å². The fourth-order valence-corrected chi connectivity index (χ4v) is 4.75. The van der Waals surface area contributed by atoms with Crippen molar-refractivity contribution >= 4 is 23.6 Å². The van der Waals surface area contributed by atoms with Gasteiger partial charge in [-0.25, -0.2) is 4.99 Å². The van der Waals surface area contributed by atoms with Crippen LogP contribution < -0.4 is 10.6 Å². The lowest BCUT2D eigenvalue weighted by Gasteiger charge is -2.38. The number of piperazine rings is 1. The molecule has 9 heteroatoms. The number of aryl methyl sites for hydroxylation is 1. The monoisotopic (exact) mass is 448 g/mol. The van der Waals surface area contributed by atoms with E-state index >= 15 is 0 Å². The number of hydrogen-bond acceptors (Lipinski definition) is 7. The van der Waals surface area contributed by atoms with Crippen LogP contribution in [0.4, 0.5) is 11.5 Å². The molecule has 2 aromatic rings. The van der Waals surface area contributed by atoms with Gasteiger partial charge in [0.25, 0.3) is 0 Å². The van der Waals surface area contributed by atoms with E-state index in [9.17, 15) is 4.79 Å². The van der Waals surface area contributed by atoms with Crippen molar-refractivity contribution in [1.29, 1.82) is 0 Å². The van der Waals surface area contributed by atoms with Crippen LogP contribution in [0, 0.1) is 5.92 Å². The minimum Gasteiger partial charge on any atom is -0.324 e. The molecule has 1 amide bonds. The first-order valence-electron chi connectivity index (χ1n) is 11.8. The highest BCUT2D eigenvalue weighted by molar-refractivity contribution is 5.95. The number of pyridine rings is 1. The van der Waals surface area contributed by atoms with E-state index in [1.807, 2.05) is 25.5 Å². The molecule has 2 aromatic heterocycles. The summed E-state index contributed by atoms with van der Waals surface area (Å²) in [7, 11) is 1.90. The summed E-state index contributed by atoms with van der Waals surface area (Å²) in [6, 6.07) is 4.39.